The lowest BCUT2D eigenvalue weighted by Gasteiger charge is -2.37. The van der Waals surface area contributed by atoms with Crippen LogP contribution in [-0.4, -0.2) is 18.5 Å². The quantitative estimate of drug-likeness (QED) is 0.541. The second-order valence-electron chi connectivity index (χ2n) is 4.40. The van der Waals surface area contributed by atoms with Crippen molar-refractivity contribution in [2.45, 2.75) is 39.3 Å². The average Bonchev–Trinajstić information content (AvgIpc) is 2.48. The van der Waals surface area contributed by atoms with Crippen molar-refractivity contribution in [2.24, 2.45) is 22.7 Å². The van der Waals surface area contributed by atoms with E-state index in [4.69, 9.17) is 4.74 Å². The highest BCUT2D eigenvalue weighted by atomic mass is 16.5. The minimum atomic E-state index is 0.371. The van der Waals surface area contributed by atoms with Crippen LogP contribution in [0.2, 0.25) is 0 Å². The highest BCUT2D eigenvalue weighted by Gasteiger charge is 2.42. The van der Waals surface area contributed by atoms with Gasteiger partial charge in [0, 0.05) is 0 Å². The van der Waals surface area contributed by atoms with Crippen LogP contribution in [0.4, 0.5) is 0 Å². The lowest BCUT2D eigenvalue weighted by Crippen LogP contribution is -2.42. The smallest absolute Gasteiger partial charge is 0.170 e. The van der Waals surface area contributed by atoms with Gasteiger partial charge in [0.15, 0.2) is 6.40 Å². The van der Waals surface area contributed by atoms with Crippen LogP contribution in [0, 0.1) is 17.8 Å². The summed E-state index contributed by atoms with van der Waals surface area (Å²) in [7, 11) is 0. The van der Waals surface area contributed by atoms with Crippen molar-refractivity contribution < 1.29 is 4.74 Å². The van der Waals surface area contributed by atoms with E-state index in [1.54, 1.807) is 6.40 Å². The minimum absolute atomic E-state index is 0.371. The molecule has 0 amide bonds. The Morgan fingerprint density at radius 2 is 2.00 bits per heavy atom. The van der Waals surface area contributed by atoms with Crippen molar-refractivity contribution in [3.63, 3.8) is 0 Å². The summed E-state index contributed by atoms with van der Waals surface area (Å²) in [5.41, 5.74) is 0. The number of aliphatic imine (C=N–C) groups is 1. The zero-order valence-corrected chi connectivity index (χ0v) is 8.03. The summed E-state index contributed by atoms with van der Waals surface area (Å²) < 4.78 is 5.50. The van der Waals surface area contributed by atoms with E-state index in [2.05, 4.69) is 25.8 Å². The molecule has 5 atom stereocenters. The van der Waals surface area contributed by atoms with Gasteiger partial charge in [-0.05, 0) is 24.2 Å². The maximum absolute atomic E-state index is 5.50. The summed E-state index contributed by atoms with van der Waals surface area (Å²) in [6, 6.07) is 0.434. The molecule has 0 N–H and O–H groups in total. The van der Waals surface area contributed by atoms with Crippen molar-refractivity contribution in [1.29, 1.82) is 0 Å². The van der Waals surface area contributed by atoms with Crippen LogP contribution in [0.1, 0.15) is 27.2 Å². The molecule has 1 heterocycles. The second kappa shape index (κ2) is 2.75. The first-order valence-corrected chi connectivity index (χ1v) is 4.87. The van der Waals surface area contributed by atoms with Crippen LogP contribution in [0.25, 0.3) is 0 Å². The molecule has 1 saturated carbocycles. The molecule has 5 unspecified atom stereocenters. The fourth-order valence-corrected chi connectivity index (χ4v) is 2.52. The Hall–Kier alpha value is -0.530. The molecule has 0 aromatic heterocycles. The standard InChI is InChI=1S/C10H17NO/c1-6-4-7(2)10-9(8(6)3)11-5-12-10/h5-10H,4H2,1-3H3. The average molecular weight is 167 g/mol. The summed E-state index contributed by atoms with van der Waals surface area (Å²) >= 11 is 0. The molecule has 68 valence electrons. The highest BCUT2D eigenvalue weighted by molar-refractivity contribution is 5.50. The van der Waals surface area contributed by atoms with Crippen molar-refractivity contribution >= 4 is 6.40 Å². The number of fused-ring (bicyclic) bond motifs is 1. The Labute approximate surface area is 74.0 Å². The zero-order chi connectivity index (χ0) is 8.72. The maximum atomic E-state index is 5.50. The predicted octanol–water partition coefficient (Wildman–Crippen LogP) is 2.09. The van der Waals surface area contributed by atoms with E-state index in [0.717, 1.165) is 5.92 Å². The number of ether oxygens (including phenoxy) is 1. The molecular weight excluding hydrogens is 150 g/mol. The fraction of sp³-hybridized carbons (Fsp3) is 0.900. The number of hydrogen-bond acceptors (Lipinski definition) is 2. The Morgan fingerprint density at radius 3 is 2.75 bits per heavy atom. The van der Waals surface area contributed by atoms with Gasteiger partial charge < -0.3 is 4.74 Å². The third kappa shape index (κ3) is 1.05. The summed E-state index contributed by atoms with van der Waals surface area (Å²) in [4.78, 5) is 4.39. The van der Waals surface area contributed by atoms with Crippen LogP contribution in [0.5, 0.6) is 0 Å². The largest absolute Gasteiger partial charge is 0.478 e. The maximum Gasteiger partial charge on any atom is 0.170 e. The lowest BCUT2D eigenvalue weighted by molar-refractivity contribution is 0.0489. The Balaban J connectivity index is 2.16. The van der Waals surface area contributed by atoms with Gasteiger partial charge in [-0.15, -0.1) is 0 Å². The molecule has 1 aliphatic carbocycles. The third-order valence-corrected chi connectivity index (χ3v) is 3.53. The van der Waals surface area contributed by atoms with E-state index in [0.29, 0.717) is 24.0 Å². The van der Waals surface area contributed by atoms with Crippen LogP contribution < -0.4 is 0 Å². The van der Waals surface area contributed by atoms with Gasteiger partial charge in [-0.2, -0.15) is 0 Å². The summed E-state index contributed by atoms with van der Waals surface area (Å²) in [6.45, 7) is 6.89. The molecule has 0 spiro atoms. The first-order valence-electron chi connectivity index (χ1n) is 4.87. The van der Waals surface area contributed by atoms with Gasteiger partial charge in [-0.1, -0.05) is 20.8 Å². The van der Waals surface area contributed by atoms with E-state index in [9.17, 15) is 0 Å². The second-order valence-corrected chi connectivity index (χ2v) is 4.40. The van der Waals surface area contributed by atoms with E-state index in [-0.39, 0.29) is 0 Å². The van der Waals surface area contributed by atoms with E-state index in [1.807, 2.05) is 0 Å². The van der Waals surface area contributed by atoms with E-state index in [1.165, 1.54) is 6.42 Å². The molecule has 2 heteroatoms. The lowest BCUT2D eigenvalue weighted by atomic mass is 9.72. The Morgan fingerprint density at radius 1 is 1.25 bits per heavy atom. The van der Waals surface area contributed by atoms with Gasteiger partial charge in [0.1, 0.15) is 6.10 Å². The molecule has 1 fully saturated rings. The molecule has 1 aliphatic heterocycles. The molecule has 2 nitrogen and oxygen atoms in total. The summed E-state index contributed by atoms with van der Waals surface area (Å²) in [6.07, 6.45) is 3.31. The first-order chi connectivity index (χ1) is 5.70. The van der Waals surface area contributed by atoms with Crippen molar-refractivity contribution in [3.8, 4) is 0 Å². The van der Waals surface area contributed by atoms with Crippen LogP contribution in [-0.2, 0) is 4.74 Å². The molecule has 0 saturated heterocycles. The van der Waals surface area contributed by atoms with E-state index < -0.39 is 0 Å². The molecule has 0 bridgehead atoms. The Bertz CT molecular complexity index is 202. The minimum Gasteiger partial charge on any atom is -0.478 e. The number of hydrogen-bond donors (Lipinski definition) is 0. The van der Waals surface area contributed by atoms with Gasteiger partial charge in [-0.3, -0.25) is 4.99 Å². The summed E-state index contributed by atoms with van der Waals surface area (Å²) in [5, 5.41) is 0. The number of rotatable bonds is 0. The van der Waals surface area contributed by atoms with Crippen molar-refractivity contribution in [2.75, 3.05) is 0 Å². The van der Waals surface area contributed by atoms with Crippen molar-refractivity contribution in [1.82, 2.24) is 0 Å². The molecule has 0 aromatic carbocycles. The molecule has 0 aromatic rings. The van der Waals surface area contributed by atoms with Gasteiger partial charge in [-0.25, -0.2) is 0 Å². The molecule has 2 aliphatic rings. The van der Waals surface area contributed by atoms with Gasteiger partial charge >= 0.3 is 0 Å². The van der Waals surface area contributed by atoms with Crippen molar-refractivity contribution in [3.05, 3.63) is 0 Å². The van der Waals surface area contributed by atoms with Gasteiger partial charge in [0.05, 0.1) is 6.04 Å². The van der Waals surface area contributed by atoms with Crippen LogP contribution in [0.15, 0.2) is 4.99 Å². The van der Waals surface area contributed by atoms with Gasteiger partial charge in [0.2, 0.25) is 0 Å². The Kier molecular flexibility index (Phi) is 1.85. The monoisotopic (exact) mass is 167 g/mol. The third-order valence-electron chi connectivity index (χ3n) is 3.53. The summed E-state index contributed by atoms with van der Waals surface area (Å²) in [5.74, 6) is 2.15. The van der Waals surface area contributed by atoms with E-state index >= 15 is 0 Å². The zero-order valence-electron chi connectivity index (χ0n) is 8.03. The first kappa shape index (κ1) is 8.09. The SMILES string of the molecule is CC1CC(C)C2OC=NC2C1C. The predicted molar refractivity (Wildman–Crippen MR) is 49.3 cm³/mol. The topological polar surface area (TPSA) is 21.6 Å². The highest BCUT2D eigenvalue weighted by Crippen LogP contribution is 2.38. The number of nitrogens with zero attached hydrogens (tertiary/aromatic N) is 1. The molecular formula is C10H17NO. The van der Waals surface area contributed by atoms with Crippen LogP contribution in [0.3, 0.4) is 0 Å². The normalized spacial score (nSPS) is 51.8. The molecule has 0 radical (unpaired) electrons. The fourth-order valence-electron chi connectivity index (χ4n) is 2.52. The van der Waals surface area contributed by atoms with Gasteiger partial charge in [0.25, 0.3) is 0 Å². The molecule has 2 rings (SSSR count). The van der Waals surface area contributed by atoms with Crippen LogP contribution >= 0.6 is 0 Å². The molecule has 12 heavy (non-hydrogen) atoms.